The van der Waals surface area contributed by atoms with E-state index >= 15 is 0 Å². The van der Waals surface area contributed by atoms with Gasteiger partial charge in [0.1, 0.15) is 5.76 Å². The maximum Gasteiger partial charge on any atom is 0.331 e. The molecule has 1 amide bonds. The number of fused-ring (bicyclic) bond motifs is 1. The summed E-state index contributed by atoms with van der Waals surface area (Å²) in [6.07, 6.45) is 1.50. The van der Waals surface area contributed by atoms with Gasteiger partial charge >= 0.3 is 5.97 Å². The molecule has 0 saturated heterocycles. The molecule has 1 aliphatic rings. The minimum Gasteiger partial charge on any atom is -0.479 e. The highest BCUT2D eigenvalue weighted by Crippen LogP contribution is 2.34. The highest BCUT2D eigenvalue weighted by atomic mass is 16.4. The molecule has 19 heavy (non-hydrogen) atoms. The van der Waals surface area contributed by atoms with Crippen molar-refractivity contribution in [3.8, 4) is 0 Å². The molecule has 96 valence electrons. The van der Waals surface area contributed by atoms with Gasteiger partial charge in [0, 0.05) is 5.56 Å². The second kappa shape index (κ2) is 4.28. The summed E-state index contributed by atoms with van der Waals surface area (Å²) >= 11 is 0. The molecule has 1 unspecified atom stereocenters. The van der Waals surface area contributed by atoms with Crippen LogP contribution in [-0.4, -0.2) is 21.9 Å². The Morgan fingerprint density at radius 3 is 2.74 bits per heavy atom. The van der Waals surface area contributed by atoms with Crippen LogP contribution in [0.2, 0.25) is 0 Å². The quantitative estimate of drug-likeness (QED) is 0.913. The van der Waals surface area contributed by atoms with Crippen LogP contribution in [0.4, 0.5) is 0 Å². The second-order valence-corrected chi connectivity index (χ2v) is 4.34. The summed E-state index contributed by atoms with van der Waals surface area (Å²) < 4.78 is 5.18. The zero-order chi connectivity index (χ0) is 13.4. The van der Waals surface area contributed by atoms with Crippen LogP contribution in [0.15, 0.2) is 47.1 Å². The van der Waals surface area contributed by atoms with E-state index in [-0.39, 0.29) is 12.5 Å². The van der Waals surface area contributed by atoms with Crippen molar-refractivity contribution in [2.75, 3.05) is 0 Å². The Labute approximate surface area is 109 Å². The maximum absolute atomic E-state index is 12.3. The largest absolute Gasteiger partial charge is 0.479 e. The molecule has 0 bridgehead atoms. The van der Waals surface area contributed by atoms with E-state index in [0.717, 1.165) is 0 Å². The molecule has 2 aromatic rings. The van der Waals surface area contributed by atoms with E-state index in [9.17, 15) is 14.7 Å². The fraction of sp³-hybridized carbons (Fsp3) is 0.143. The molecule has 3 rings (SSSR count). The van der Waals surface area contributed by atoms with Gasteiger partial charge in [0.25, 0.3) is 5.91 Å². The van der Waals surface area contributed by atoms with Gasteiger partial charge in [-0.1, -0.05) is 18.2 Å². The van der Waals surface area contributed by atoms with E-state index in [0.29, 0.717) is 16.9 Å². The van der Waals surface area contributed by atoms with Crippen molar-refractivity contribution in [3.05, 3.63) is 59.5 Å². The Hall–Kier alpha value is -2.56. The Morgan fingerprint density at radius 2 is 2.05 bits per heavy atom. The van der Waals surface area contributed by atoms with E-state index in [1.165, 1.54) is 11.2 Å². The van der Waals surface area contributed by atoms with Gasteiger partial charge in [0.2, 0.25) is 0 Å². The van der Waals surface area contributed by atoms with Crippen molar-refractivity contribution < 1.29 is 19.1 Å². The van der Waals surface area contributed by atoms with Crippen molar-refractivity contribution in [2.24, 2.45) is 0 Å². The molecule has 1 aliphatic heterocycles. The predicted molar refractivity (Wildman–Crippen MR) is 65.4 cm³/mol. The van der Waals surface area contributed by atoms with Crippen LogP contribution in [0.3, 0.4) is 0 Å². The first-order chi connectivity index (χ1) is 9.18. The molecule has 5 nitrogen and oxygen atoms in total. The molecular weight excluding hydrogens is 246 g/mol. The molecule has 1 aromatic heterocycles. The van der Waals surface area contributed by atoms with Crippen LogP contribution in [-0.2, 0) is 11.3 Å². The number of nitrogens with zero attached hydrogens (tertiary/aromatic N) is 1. The van der Waals surface area contributed by atoms with Crippen LogP contribution in [0.5, 0.6) is 0 Å². The lowest BCUT2D eigenvalue weighted by Gasteiger charge is -2.20. The summed E-state index contributed by atoms with van der Waals surface area (Å²) in [6.45, 7) is 0.150. The van der Waals surface area contributed by atoms with E-state index in [4.69, 9.17) is 4.42 Å². The maximum atomic E-state index is 12.3. The topological polar surface area (TPSA) is 70.8 Å². The minimum atomic E-state index is -1.04. The van der Waals surface area contributed by atoms with Crippen LogP contribution in [0.1, 0.15) is 27.7 Å². The average molecular weight is 257 g/mol. The molecule has 0 spiro atoms. The highest BCUT2D eigenvalue weighted by Gasteiger charge is 2.41. The first-order valence-electron chi connectivity index (χ1n) is 5.83. The first-order valence-corrected chi connectivity index (χ1v) is 5.83. The van der Waals surface area contributed by atoms with E-state index in [2.05, 4.69) is 0 Å². The van der Waals surface area contributed by atoms with Crippen molar-refractivity contribution in [2.45, 2.75) is 12.6 Å². The fourth-order valence-electron chi connectivity index (χ4n) is 2.37. The van der Waals surface area contributed by atoms with Crippen LogP contribution in [0.25, 0.3) is 0 Å². The van der Waals surface area contributed by atoms with Crippen molar-refractivity contribution >= 4 is 11.9 Å². The summed E-state index contributed by atoms with van der Waals surface area (Å²) in [7, 11) is 0. The summed E-state index contributed by atoms with van der Waals surface area (Å²) in [5.74, 6) is -0.753. The second-order valence-electron chi connectivity index (χ2n) is 4.34. The molecular formula is C14H11NO4. The van der Waals surface area contributed by atoms with Crippen LogP contribution < -0.4 is 0 Å². The number of carboxylic acid groups (broad SMARTS) is 1. The van der Waals surface area contributed by atoms with Gasteiger partial charge in [-0.05, 0) is 23.8 Å². The number of aliphatic carboxylic acids is 1. The minimum absolute atomic E-state index is 0.150. The summed E-state index contributed by atoms with van der Waals surface area (Å²) in [6, 6.07) is 9.26. The molecule has 0 fully saturated rings. The average Bonchev–Trinajstić information content (AvgIpc) is 2.98. The monoisotopic (exact) mass is 257 g/mol. The lowest BCUT2D eigenvalue weighted by atomic mass is 10.1. The van der Waals surface area contributed by atoms with Gasteiger partial charge in [0.05, 0.1) is 12.8 Å². The van der Waals surface area contributed by atoms with Gasteiger partial charge in [-0.3, -0.25) is 4.79 Å². The smallest absolute Gasteiger partial charge is 0.331 e. The number of rotatable bonds is 3. The number of hydrogen-bond acceptors (Lipinski definition) is 3. The van der Waals surface area contributed by atoms with E-state index in [1.807, 2.05) is 0 Å². The highest BCUT2D eigenvalue weighted by molar-refractivity contribution is 6.03. The van der Waals surface area contributed by atoms with Crippen LogP contribution >= 0.6 is 0 Å². The number of furan rings is 1. The van der Waals surface area contributed by atoms with Crippen molar-refractivity contribution in [1.29, 1.82) is 0 Å². The number of amides is 1. The first kappa shape index (κ1) is 11.5. The van der Waals surface area contributed by atoms with Gasteiger partial charge in [-0.15, -0.1) is 0 Å². The normalized spacial score (nSPS) is 17.6. The van der Waals surface area contributed by atoms with E-state index < -0.39 is 12.0 Å². The number of carbonyl (C=O) groups excluding carboxylic acids is 1. The number of benzene rings is 1. The van der Waals surface area contributed by atoms with Gasteiger partial charge in [-0.2, -0.15) is 0 Å². The third-order valence-electron chi connectivity index (χ3n) is 3.20. The molecule has 0 radical (unpaired) electrons. The number of carbonyl (C=O) groups is 2. The number of hydrogen-bond donors (Lipinski definition) is 1. The predicted octanol–water partition coefficient (Wildman–Crippen LogP) is 2.06. The molecule has 1 aromatic carbocycles. The van der Waals surface area contributed by atoms with E-state index in [1.54, 1.807) is 36.4 Å². The summed E-state index contributed by atoms with van der Waals surface area (Å²) in [4.78, 5) is 25.0. The molecule has 1 atom stereocenters. The Kier molecular flexibility index (Phi) is 2.59. The Morgan fingerprint density at radius 1 is 1.26 bits per heavy atom. The van der Waals surface area contributed by atoms with Crippen molar-refractivity contribution in [3.63, 3.8) is 0 Å². The zero-order valence-corrected chi connectivity index (χ0v) is 9.95. The third-order valence-corrected chi connectivity index (χ3v) is 3.20. The SMILES string of the molecule is O=C(O)C1c2ccccc2C(=O)N1Cc1ccco1. The lowest BCUT2D eigenvalue weighted by molar-refractivity contribution is -0.142. The van der Waals surface area contributed by atoms with Crippen molar-refractivity contribution in [1.82, 2.24) is 4.90 Å². The molecule has 5 heteroatoms. The van der Waals surface area contributed by atoms with Gasteiger partial charge in [0.15, 0.2) is 6.04 Å². The molecule has 0 saturated carbocycles. The standard InChI is InChI=1S/C14H11NO4/c16-13-11-6-2-1-5-10(11)12(14(17)18)15(13)8-9-4-3-7-19-9/h1-7,12H,8H2,(H,17,18). The fourth-order valence-corrected chi connectivity index (χ4v) is 2.37. The van der Waals surface area contributed by atoms with Gasteiger partial charge < -0.3 is 14.4 Å². The Bertz CT molecular complexity index is 633. The zero-order valence-electron chi connectivity index (χ0n) is 9.95. The molecule has 2 heterocycles. The number of carboxylic acids is 1. The summed E-state index contributed by atoms with van der Waals surface area (Å²) in [5, 5.41) is 9.35. The summed E-state index contributed by atoms with van der Waals surface area (Å²) in [5.41, 5.74) is 0.980. The Balaban J connectivity index is 2.01. The lowest BCUT2D eigenvalue weighted by Crippen LogP contribution is -2.31. The third kappa shape index (κ3) is 1.79. The van der Waals surface area contributed by atoms with Crippen LogP contribution in [0, 0.1) is 0 Å². The molecule has 1 N–H and O–H groups in total. The molecule has 0 aliphatic carbocycles. The van der Waals surface area contributed by atoms with Gasteiger partial charge in [-0.25, -0.2) is 4.79 Å².